The summed E-state index contributed by atoms with van der Waals surface area (Å²) in [4.78, 5) is 27.3. The normalized spacial score (nSPS) is 23.5. The third-order valence-electron chi connectivity index (χ3n) is 7.15. The van der Waals surface area contributed by atoms with Gasteiger partial charge in [-0.1, -0.05) is 54.9 Å². The highest BCUT2D eigenvalue weighted by Gasteiger charge is 2.55. The van der Waals surface area contributed by atoms with Crippen molar-refractivity contribution in [1.29, 1.82) is 0 Å². The Labute approximate surface area is 195 Å². The fourth-order valence-corrected chi connectivity index (χ4v) is 5.17. The molecule has 2 amide bonds. The Balaban J connectivity index is 1.41. The van der Waals surface area contributed by atoms with Gasteiger partial charge < -0.3 is 10.6 Å². The second-order valence-electron chi connectivity index (χ2n) is 9.27. The molecule has 1 aliphatic heterocycles. The van der Waals surface area contributed by atoms with Crippen LogP contribution in [-0.2, 0) is 16.6 Å². The molecule has 2 aromatic rings. The first kappa shape index (κ1) is 22.8. The third kappa shape index (κ3) is 4.84. The first-order valence-corrected chi connectivity index (χ1v) is 11.9. The molecule has 0 spiro atoms. The number of benzene rings is 2. The number of nitrogens with zero attached hydrogens (tertiary/aromatic N) is 1. The van der Waals surface area contributed by atoms with Crippen LogP contribution in [-0.4, -0.2) is 49.4 Å². The Morgan fingerprint density at radius 2 is 1.88 bits per heavy atom. The molecule has 2 aromatic carbocycles. The summed E-state index contributed by atoms with van der Waals surface area (Å²) in [7, 11) is 1.61. The Morgan fingerprint density at radius 1 is 1.16 bits per heavy atom. The highest BCUT2D eigenvalue weighted by atomic mass is 35.5. The van der Waals surface area contributed by atoms with E-state index in [1.165, 1.54) is 18.4 Å². The molecule has 4 rings (SSSR count). The minimum absolute atomic E-state index is 0.0274. The summed E-state index contributed by atoms with van der Waals surface area (Å²) in [6, 6.07) is 16.0. The van der Waals surface area contributed by atoms with E-state index in [2.05, 4.69) is 34.6 Å². The van der Waals surface area contributed by atoms with Crippen LogP contribution < -0.4 is 10.6 Å². The SMILES string of the molecule is CNC(=O)c1ccc(C[C@@H](CNC(=O)C2C[C@]2(C)c2ccccc2)N2CCCC2)c(Cl)c1. The lowest BCUT2D eigenvalue weighted by Gasteiger charge is -2.28. The molecular formula is C26H32ClN3O2. The van der Waals surface area contributed by atoms with Gasteiger partial charge in [-0.2, -0.15) is 0 Å². The summed E-state index contributed by atoms with van der Waals surface area (Å²) in [5.41, 5.74) is 2.74. The zero-order valence-electron chi connectivity index (χ0n) is 18.9. The monoisotopic (exact) mass is 453 g/mol. The zero-order chi connectivity index (χ0) is 22.7. The van der Waals surface area contributed by atoms with Gasteiger partial charge in [-0.25, -0.2) is 0 Å². The van der Waals surface area contributed by atoms with Gasteiger partial charge in [-0.05, 0) is 62.0 Å². The standard InChI is InChI=1S/C26H32ClN3O2/c1-26(20-8-4-3-5-9-20)16-22(26)25(32)29-17-21(30-12-6-7-13-30)14-18-10-11-19(15-23(18)27)24(31)28-2/h3-5,8-11,15,21-22H,6-7,12-14,16-17H2,1-2H3,(H,28,31)(H,29,32)/t21-,22?,26+/m0/s1. The highest BCUT2D eigenvalue weighted by Crippen LogP contribution is 2.53. The number of nitrogens with one attached hydrogen (secondary N) is 2. The van der Waals surface area contributed by atoms with Gasteiger partial charge in [0.1, 0.15) is 0 Å². The van der Waals surface area contributed by atoms with Crippen LogP contribution in [0.5, 0.6) is 0 Å². The van der Waals surface area contributed by atoms with Crippen molar-refractivity contribution in [2.75, 3.05) is 26.7 Å². The van der Waals surface area contributed by atoms with Crippen molar-refractivity contribution in [3.8, 4) is 0 Å². The van der Waals surface area contributed by atoms with Gasteiger partial charge in [-0.15, -0.1) is 0 Å². The fourth-order valence-electron chi connectivity index (χ4n) is 4.92. The first-order chi connectivity index (χ1) is 15.4. The molecule has 6 heteroatoms. The summed E-state index contributed by atoms with van der Waals surface area (Å²) >= 11 is 6.52. The van der Waals surface area contributed by atoms with Crippen molar-refractivity contribution < 1.29 is 9.59 Å². The molecule has 0 bridgehead atoms. The molecule has 1 saturated carbocycles. The largest absolute Gasteiger partial charge is 0.355 e. The molecule has 2 aliphatic rings. The van der Waals surface area contributed by atoms with Crippen molar-refractivity contribution in [2.45, 2.75) is 44.1 Å². The first-order valence-electron chi connectivity index (χ1n) is 11.5. The maximum absolute atomic E-state index is 13.0. The van der Waals surface area contributed by atoms with Gasteiger partial charge in [0.05, 0.1) is 0 Å². The van der Waals surface area contributed by atoms with Gasteiger partial charge in [0.25, 0.3) is 5.91 Å². The minimum Gasteiger partial charge on any atom is -0.355 e. The molecule has 0 radical (unpaired) electrons. The van der Waals surface area contributed by atoms with E-state index in [-0.39, 0.29) is 29.2 Å². The van der Waals surface area contributed by atoms with Gasteiger partial charge in [0, 0.05) is 41.6 Å². The molecule has 170 valence electrons. The highest BCUT2D eigenvalue weighted by molar-refractivity contribution is 6.31. The van der Waals surface area contributed by atoms with Crippen LogP contribution >= 0.6 is 11.6 Å². The predicted octanol–water partition coefficient (Wildman–Crippen LogP) is 3.80. The predicted molar refractivity (Wildman–Crippen MR) is 128 cm³/mol. The average Bonchev–Trinajstić information content (AvgIpc) is 3.23. The lowest BCUT2D eigenvalue weighted by Crippen LogP contribution is -2.44. The van der Waals surface area contributed by atoms with Crippen LogP contribution in [0.3, 0.4) is 0 Å². The number of halogens is 1. The maximum Gasteiger partial charge on any atom is 0.251 e. The molecule has 1 heterocycles. The number of hydrogen-bond acceptors (Lipinski definition) is 3. The smallest absolute Gasteiger partial charge is 0.251 e. The maximum atomic E-state index is 13.0. The number of carbonyl (C=O) groups excluding carboxylic acids is 2. The van der Waals surface area contributed by atoms with Crippen LogP contribution in [0.4, 0.5) is 0 Å². The molecule has 1 aliphatic carbocycles. The molecule has 5 nitrogen and oxygen atoms in total. The summed E-state index contributed by atoms with van der Waals surface area (Å²) < 4.78 is 0. The lowest BCUT2D eigenvalue weighted by atomic mass is 9.95. The van der Waals surface area contributed by atoms with E-state index < -0.39 is 0 Å². The third-order valence-corrected chi connectivity index (χ3v) is 7.51. The number of amides is 2. The lowest BCUT2D eigenvalue weighted by molar-refractivity contribution is -0.123. The Bertz CT molecular complexity index is 974. The van der Waals surface area contributed by atoms with Crippen LogP contribution in [0.25, 0.3) is 0 Å². The van der Waals surface area contributed by atoms with Gasteiger partial charge in [0.15, 0.2) is 0 Å². The van der Waals surface area contributed by atoms with Crippen molar-refractivity contribution in [2.24, 2.45) is 5.92 Å². The van der Waals surface area contributed by atoms with E-state index in [4.69, 9.17) is 11.6 Å². The molecule has 2 N–H and O–H groups in total. The van der Waals surface area contributed by atoms with Gasteiger partial charge in [0.2, 0.25) is 5.91 Å². The van der Waals surface area contributed by atoms with E-state index in [9.17, 15) is 9.59 Å². The Morgan fingerprint density at radius 3 is 2.53 bits per heavy atom. The summed E-state index contributed by atoms with van der Waals surface area (Å²) in [5.74, 6) is 0.0221. The number of likely N-dealkylation sites (tertiary alicyclic amines) is 1. The topological polar surface area (TPSA) is 61.4 Å². The van der Waals surface area contributed by atoms with Crippen LogP contribution in [0.1, 0.15) is 47.7 Å². The molecule has 1 saturated heterocycles. The molecule has 3 atom stereocenters. The Kier molecular flexibility index (Phi) is 6.87. The summed E-state index contributed by atoms with van der Waals surface area (Å²) in [5, 5.41) is 6.46. The number of rotatable bonds is 8. The van der Waals surface area contributed by atoms with Crippen LogP contribution in [0, 0.1) is 5.92 Å². The summed E-state index contributed by atoms with van der Waals surface area (Å²) in [6.07, 6.45) is 4.00. The van der Waals surface area contributed by atoms with Gasteiger partial charge >= 0.3 is 0 Å². The number of hydrogen-bond donors (Lipinski definition) is 2. The molecule has 1 unspecified atom stereocenters. The van der Waals surface area contributed by atoms with Crippen molar-refractivity contribution >= 4 is 23.4 Å². The van der Waals surface area contributed by atoms with E-state index in [0.717, 1.165) is 31.5 Å². The van der Waals surface area contributed by atoms with Crippen LogP contribution in [0.15, 0.2) is 48.5 Å². The second-order valence-corrected chi connectivity index (χ2v) is 9.68. The Hall–Kier alpha value is -2.37. The van der Waals surface area contributed by atoms with Crippen LogP contribution in [0.2, 0.25) is 5.02 Å². The quantitative estimate of drug-likeness (QED) is 0.639. The summed E-state index contributed by atoms with van der Waals surface area (Å²) in [6.45, 7) is 4.87. The zero-order valence-corrected chi connectivity index (χ0v) is 19.6. The van der Waals surface area contributed by atoms with Crippen molar-refractivity contribution in [1.82, 2.24) is 15.5 Å². The van der Waals surface area contributed by atoms with E-state index in [1.807, 2.05) is 30.3 Å². The van der Waals surface area contributed by atoms with E-state index >= 15 is 0 Å². The molecule has 0 aromatic heterocycles. The second kappa shape index (κ2) is 9.63. The molecule has 32 heavy (non-hydrogen) atoms. The van der Waals surface area contributed by atoms with E-state index in [0.29, 0.717) is 17.1 Å². The van der Waals surface area contributed by atoms with Crippen molar-refractivity contribution in [3.63, 3.8) is 0 Å². The van der Waals surface area contributed by atoms with Gasteiger partial charge in [-0.3, -0.25) is 14.5 Å². The fraction of sp³-hybridized carbons (Fsp3) is 0.462. The number of carbonyl (C=O) groups is 2. The average molecular weight is 454 g/mol. The molecular weight excluding hydrogens is 422 g/mol. The van der Waals surface area contributed by atoms with Crippen molar-refractivity contribution in [3.05, 3.63) is 70.2 Å². The minimum atomic E-state index is -0.146. The van der Waals surface area contributed by atoms with E-state index in [1.54, 1.807) is 13.1 Å². The molecule has 2 fully saturated rings.